The number of rotatable bonds is 4. The van der Waals surface area contributed by atoms with Crippen molar-refractivity contribution in [2.45, 2.75) is 26.3 Å². The molecule has 5 nitrogen and oxygen atoms in total. The number of fused-ring (bicyclic) bond motifs is 1. The normalized spacial score (nSPS) is 11.2. The Bertz CT molecular complexity index is 698. The summed E-state index contributed by atoms with van der Waals surface area (Å²) in [7, 11) is 0. The second kappa shape index (κ2) is 4.76. The zero-order valence-electron chi connectivity index (χ0n) is 10.8. The van der Waals surface area contributed by atoms with Gasteiger partial charge in [-0.1, -0.05) is 6.92 Å². The highest BCUT2D eigenvalue weighted by Gasteiger charge is 2.09. The SMILES string of the molecule is CCCc1nccn1Cc1nc2cc(N)ccc2o1. The summed E-state index contributed by atoms with van der Waals surface area (Å²) >= 11 is 0. The van der Waals surface area contributed by atoms with Crippen LogP contribution >= 0.6 is 0 Å². The first-order chi connectivity index (χ1) is 9.26. The van der Waals surface area contributed by atoms with Crippen molar-refractivity contribution in [3.63, 3.8) is 0 Å². The van der Waals surface area contributed by atoms with Gasteiger partial charge < -0.3 is 14.7 Å². The maximum absolute atomic E-state index is 5.74. The first-order valence-electron chi connectivity index (χ1n) is 6.41. The van der Waals surface area contributed by atoms with Crippen LogP contribution in [0.2, 0.25) is 0 Å². The number of hydrogen-bond donors (Lipinski definition) is 1. The average Bonchev–Trinajstić information content (AvgIpc) is 2.97. The van der Waals surface area contributed by atoms with Crippen molar-refractivity contribution in [1.29, 1.82) is 0 Å². The van der Waals surface area contributed by atoms with Gasteiger partial charge in [0.1, 0.15) is 17.9 Å². The van der Waals surface area contributed by atoms with Gasteiger partial charge >= 0.3 is 0 Å². The summed E-state index contributed by atoms with van der Waals surface area (Å²) in [6, 6.07) is 5.49. The third-order valence-electron chi connectivity index (χ3n) is 3.04. The van der Waals surface area contributed by atoms with Crippen LogP contribution in [0.4, 0.5) is 5.69 Å². The van der Waals surface area contributed by atoms with Crippen LogP contribution in [0.5, 0.6) is 0 Å². The molecule has 0 spiro atoms. The lowest BCUT2D eigenvalue weighted by atomic mass is 10.3. The topological polar surface area (TPSA) is 69.9 Å². The van der Waals surface area contributed by atoms with Gasteiger partial charge in [-0.3, -0.25) is 0 Å². The van der Waals surface area contributed by atoms with Crippen molar-refractivity contribution in [2.24, 2.45) is 0 Å². The summed E-state index contributed by atoms with van der Waals surface area (Å²) < 4.78 is 7.78. The van der Waals surface area contributed by atoms with Gasteiger partial charge in [-0.2, -0.15) is 0 Å². The molecule has 98 valence electrons. The fraction of sp³-hybridized carbons (Fsp3) is 0.286. The number of hydrogen-bond acceptors (Lipinski definition) is 4. The Morgan fingerprint density at radius 3 is 3.11 bits per heavy atom. The van der Waals surface area contributed by atoms with Crippen molar-refractivity contribution in [3.8, 4) is 0 Å². The summed E-state index contributed by atoms with van der Waals surface area (Å²) in [4.78, 5) is 8.80. The Hall–Kier alpha value is -2.30. The lowest BCUT2D eigenvalue weighted by molar-refractivity contribution is 0.502. The summed E-state index contributed by atoms with van der Waals surface area (Å²) in [6.07, 6.45) is 5.79. The molecule has 0 unspecified atom stereocenters. The van der Waals surface area contributed by atoms with E-state index in [2.05, 4.69) is 21.5 Å². The van der Waals surface area contributed by atoms with E-state index in [1.54, 1.807) is 0 Å². The number of nitrogen functional groups attached to an aromatic ring is 1. The molecule has 0 fully saturated rings. The molecular weight excluding hydrogens is 240 g/mol. The standard InChI is InChI=1S/C14H16N4O/c1-2-3-13-16-6-7-18(13)9-14-17-11-8-10(15)4-5-12(11)19-14/h4-8H,2-3,9,15H2,1H3. The molecule has 0 saturated carbocycles. The van der Waals surface area contributed by atoms with Crippen LogP contribution in [-0.4, -0.2) is 14.5 Å². The van der Waals surface area contributed by atoms with Crippen LogP contribution in [0.15, 0.2) is 35.0 Å². The Labute approximate surface area is 111 Å². The molecule has 1 aromatic carbocycles. The quantitative estimate of drug-likeness (QED) is 0.728. The van der Waals surface area contributed by atoms with Gasteiger partial charge in [-0.15, -0.1) is 0 Å². The van der Waals surface area contributed by atoms with E-state index >= 15 is 0 Å². The van der Waals surface area contributed by atoms with E-state index in [0.29, 0.717) is 18.1 Å². The first kappa shape index (κ1) is 11.8. The molecule has 0 aliphatic heterocycles. The van der Waals surface area contributed by atoms with Crippen LogP contribution in [0.3, 0.4) is 0 Å². The van der Waals surface area contributed by atoms with Crippen LogP contribution in [0, 0.1) is 0 Å². The maximum atomic E-state index is 5.74. The smallest absolute Gasteiger partial charge is 0.215 e. The van der Waals surface area contributed by atoms with E-state index in [-0.39, 0.29) is 0 Å². The van der Waals surface area contributed by atoms with Gasteiger partial charge in [-0.05, 0) is 24.6 Å². The molecule has 2 N–H and O–H groups in total. The van der Waals surface area contributed by atoms with Crippen LogP contribution in [0.25, 0.3) is 11.1 Å². The molecule has 3 rings (SSSR count). The van der Waals surface area contributed by atoms with Crippen molar-refractivity contribution in [3.05, 3.63) is 42.3 Å². The summed E-state index contributed by atoms with van der Waals surface area (Å²) in [5.74, 6) is 1.74. The van der Waals surface area contributed by atoms with Gasteiger partial charge in [0.15, 0.2) is 5.58 Å². The van der Waals surface area contributed by atoms with Gasteiger partial charge in [0.2, 0.25) is 5.89 Å². The number of nitrogens with two attached hydrogens (primary N) is 1. The third kappa shape index (κ3) is 2.31. The van der Waals surface area contributed by atoms with Crippen molar-refractivity contribution in [2.75, 3.05) is 5.73 Å². The minimum atomic E-state index is 0.601. The molecule has 19 heavy (non-hydrogen) atoms. The van der Waals surface area contributed by atoms with Crippen molar-refractivity contribution in [1.82, 2.24) is 14.5 Å². The molecule has 0 aliphatic carbocycles. The van der Waals surface area contributed by atoms with E-state index in [9.17, 15) is 0 Å². The van der Waals surface area contributed by atoms with Crippen molar-refractivity contribution < 1.29 is 4.42 Å². The third-order valence-corrected chi connectivity index (χ3v) is 3.04. The van der Waals surface area contributed by atoms with Gasteiger partial charge in [-0.25, -0.2) is 9.97 Å². The number of aryl methyl sites for hydroxylation is 1. The molecule has 2 heterocycles. The molecule has 5 heteroatoms. The van der Waals surface area contributed by atoms with Gasteiger partial charge in [0.05, 0.1) is 0 Å². The largest absolute Gasteiger partial charge is 0.439 e. The average molecular weight is 256 g/mol. The molecule has 2 aromatic heterocycles. The molecular formula is C14H16N4O. The molecule has 0 saturated heterocycles. The first-order valence-corrected chi connectivity index (χ1v) is 6.41. The monoisotopic (exact) mass is 256 g/mol. The van der Waals surface area contributed by atoms with E-state index in [4.69, 9.17) is 10.2 Å². The molecule has 0 radical (unpaired) electrons. The number of aromatic nitrogens is 3. The number of benzene rings is 1. The highest BCUT2D eigenvalue weighted by atomic mass is 16.3. The second-order valence-corrected chi connectivity index (χ2v) is 4.56. The number of nitrogens with zero attached hydrogens (tertiary/aromatic N) is 3. The highest BCUT2D eigenvalue weighted by Crippen LogP contribution is 2.19. The van der Waals surface area contributed by atoms with E-state index in [1.807, 2.05) is 30.6 Å². The molecule has 0 atom stereocenters. The minimum absolute atomic E-state index is 0.601. The Morgan fingerprint density at radius 2 is 2.26 bits per heavy atom. The zero-order chi connectivity index (χ0) is 13.2. The summed E-state index contributed by atoms with van der Waals surface area (Å²) in [6.45, 7) is 2.74. The predicted octanol–water partition coefficient (Wildman–Crippen LogP) is 2.61. The fourth-order valence-corrected chi connectivity index (χ4v) is 2.14. The second-order valence-electron chi connectivity index (χ2n) is 4.56. The Morgan fingerprint density at radius 1 is 1.37 bits per heavy atom. The number of anilines is 1. The predicted molar refractivity (Wildman–Crippen MR) is 73.7 cm³/mol. The Kier molecular flexibility index (Phi) is 2.95. The van der Waals surface area contributed by atoms with Crippen LogP contribution < -0.4 is 5.73 Å². The van der Waals surface area contributed by atoms with Gasteiger partial charge in [0, 0.05) is 24.5 Å². The highest BCUT2D eigenvalue weighted by molar-refractivity contribution is 5.76. The molecule has 3 aromatic rings. The molecule has 0 amide bonds. The van der Waals surface area contributed by atoms with E-state index in [1.165, 1.54) is 0 Å². The summed E-state index contributed by atoms with van der Waals surface area (Å²) in [5, 5.41) is 0. The lowest BCUT2D eigenvalue weighted by Crippen LogP contribution is -2.04. The number of oxazole rings is 1. The molecule has 0 aliphatic rings. The summed E-state index contributed by atoms with van der Waals surface area (Å²) in [5.41, 5.74) is 8.00. The Balaban J connectivity index is 1.90. The van der Waals surface area contributed by atoms with Crippen LogP contribution in [0.1, 0.15) is 25.1 Å². The molecule has 0 bridgehead atoms. The van der Waals surface area contributed by atoms with E-state index in [0.717, 1.165) is 29.8 Å². The minimum Gasteiger partial charge on any atom is -0.439 e. The number of imidazole rings is 1. The lowest BCUT2D eigenvalue weighted by Gasteiger charge is -2.03. The zero-order valence-corrected chi connectivity index (χ0v) is 10.8. The maximum Gasteiger partial charge on any atom is 0.215 e. The van der Waals surface area contributed by atoms with Crippen molar-refractivity contribution >= 4 is 16.8 Å². The van der Waals surface area contributed by atoms with Gasteiger partial charge in [0.25, 0.3) is 0 Å². The van der Waals surface area contributed by atoms with Crippen LogP contribution in [-0.2, 0) is 13.0 Å². The van der Waals surface area contributed by atoms with E-state index < -0.39 is 0 Å². The fourth-order valence-electron chi connectivity index (χ4n) is 2.14.